The van der Waals surface area contributed by atoms with Crippen LogP contribution in [0.4, 0.5) is 4.79 Å². The van der Waals surface area contributed by atoms with Crippen molar-refractivity contribution in [1.82, 2.24) is 10.7 Å². The predicted octanol–water partition coefficient (Wildman–Crippen LogP) is 4.31. The lowest BCUT2D eigenvalue weighted by molar-refractivity contribution is 0.230. The van der Waals surface area contributed by atoms with E-state index < -0.39 is 11.6 Å². The number of hydrogen-bond acceptors (Lipinski definition) is 4. The highest BCUT2D eigenvalue weighted by Gasteiger charge is 2.23. The summed E-state index contributed by atoms with van der Waals surface area (Å²) in [6.45, 7) is 9.78. The molecular formula is C22H27N3O3. The van der Waals surface area contributed by atoms with Crippen LogP contribution in [0.15, 0.2) is 54.1 Å². The van der Waals surface area contributed by atoms with Gasteiger partial charge in [-0.1, -0.05) is 30.4 Å². The van der Waals surface area contributed by atoms with E-state index in [1.54, 1.807) is 32.4 Å². The van der Waals surface area contributed by atoms with E-state index in [1.807, 2.05) is 45.0 Å². The van der Waals surface area contributed by atoms with Crippen molar-refractivity contribution in [2.45, 2.75) is 26.3 Å². The number of hydrogen-bond donors (Lipinski definition) is 2. The molecule has 148 valence electrons. The largest absolute Gasteiger partial charge is 0.497 e. The van der Waals surface area contributed by atoms with E-state index in [0.717, 1.165) is 16.7 Å². The number of carbonyl (C=O) groups is 1. The Balaban J connectivity index is 2.06. The summed E-state index contributed by atoms with van der Waals surface area (Å²) in [6, 6.07) is 12.9. The molecule has 0 bridgehead atoms. The summed E-state index contributed by atoms with van der Waals surface area (Å²) in [5.74, 6) is 1.30. The second-order valence-corrected chi connectivity index (χ2v) is 6.92. The van der Waals surface area contributed by atoms with Crippen molar-refractivity contribution in [3.05, 3.63) is 65.7 Å². The highest BCUT2D eigenvalue weighted by atomic mass is 16.5. The van der Waals surface area contributed by atoms with Crippen LogP contribution < -0.4 is 20.2 Å². The molecule has 0 atom stereocenters. The molecule has 0 unspecified atom stereocenters. The van der Waals surface area contributed by atoms with Gasteiger partial charge in [0, 0.05) is 5.56 Å². The summed E-state index contributed by atoms with van der Waals surface area (Å²) < 4.78 is 10.5. The van der Waals surface area contributed by atoms with Gasteiger partial charge in [-0.25, -0.2) is 10.2 Å². The third-order valence-corrected chi connectivity index (χ3v) is 4.31. The van der Waals surface area contributed by atoms with Crippen LogP contribution in [0, 0.1) is 0 Å². The zero-order chi connectivity index (χ0) is 20.7. The van der Waals surface area contributed by atoms with Crippen molar-refractivity contribution in [2.75, 3.05) is 14.2 Å². The number of methoxy groups -OCH3 is 2. The molecule has 0 radical (unpaired) electrons. The second kappa shape index (κ2) is 9.08. The Bertz CT molecular complexity index is 888. The zero-order valence-electron chi connectivity index (χ0n) is 17.0. The zero-order valence-corrected chi connectivity index (χ0v) is 17.0. The minimum Gasteiger partial charge on any atom is -0.497 e. The van der Waals surface area contributed by atoms with Gasteiger partial charge in [-0.2, -0.15) is 5.10 Å². The van der Waals surface area contributed by atoms with Crippen LogP contribution in [0.5, 0.6) is 11.5 Å². The van der Waals surface area contributed by atoms with Gasteiger partial charge < -0.3 is 14.8 Å². The normalized spacial score (nSPS) is 11.2. The van der Waals surface area contributed by atoms with Crippen LogP contribution in [-0.2, 0) is 5.54 Å². The van der Waals surface area contributed by atoms with Crippen molar-refractivity contribution >= 4 is 17.8 Å². The lowest BCUT2D eigenvalue weighted by Gasteiger charge is -2.27. The molecule has 2 N–H and O–H groups in total. The quantitative estimate of drug-likeness (QED) is 0.555. The average Bonchev–Trinajstić information content (AvgIpc) is 2.67. The van der Waals surface area contributed by atoms with Gasteiger partial charge in [-0.3, -0.25) is 0 Å². The molecule has 0 spiro atoms. The molecule has 0 aliphatic heterocycles. The first-order chi connectivity index (χ1) is 13.3. The summed E-state index contributed by atoms with van der Waals surface area (Å²) in [5.41, 5.74) is 5.58. The van der Waals surface area contributed by atoms with Gasteiger partial charge >= 0.3 is 6.03 Å². The first-order valence-corrected chi connectivity index (χ1v) is 8.86. The van der Waals surface area contributed by atoms with Crippen LogP contribution in [0.1, 0.15) is 37.5 Å². The number of urea groups is 1. The maximum Gasteiger partial charge on any atom is 0.335 e. The third kappa shape index (κ3) is 5.36. The van der Waals surface area contributed by atoms with Crippen molar-refractivity contribution < 1.29 is 14.3 Å². The molecule has 0 saturated heterocycles. The minimum atomic E-state index is -0.585. The molecule has 0 heterocycles. The molecule has 2 aromatic carbocycles. The Hall–Kier alpha value is -3.28. The predicted molar refractivity (Wildman–Crippen MR) is 113 cm³/mol. The van der Waals surface area contributed by atoms with Crippen LogP contribution >= 0.6 is 0 Å². The molecule has 2 aromatic rings. The SMILES string of the molecule is C=C(C)c1cccc(C(C)(C)NC(=O)NN=Cc2cc(OC)ccc2OC)c1. The fourth-order valence-electron chi connectivity index (χ4n) is 2.66. The molecule has 0 aliphatic rings. The first kappa shape index (κ1) is 21.0. The summed E-state index contributed by atoms with van der Waals surface area (Å²) in [7, 11) is 3.15. The van der Waals surface area contributed by atoms with E-state index in [4.69, 9.17) is 9.47 Å². The molecule has 0 saturated carbocycles. The molecule has 2 amide bonds. The van der Waals surface area contributed by atoms with Crippen molar-refractivity contribution in [3.8, 4) is 11.5 Å². The summed E-state index contributed by atoms with van der Waals surface area (Å²) in [6.07, 6.45) is 1.51. The van der Waals surface area contributed by atoms with Crippen LogP contribution in [0.2, 0.25) is 0 Å². The van der Waals surface area contributed by atoms with Gasteiger partial charge in [0.1, 0.15) is 11.5 Å². The van der Waals surface area contributed by atoms with Crippen molar-refractivity contribution in [3.63, 3.8) is 0 Å². The molecule has 28 heavy (non-hydrogen) atoms. The Kier molecular flexibility index (Phi) is 6.82. The molecule has 0 aliphatic carbocycles. The average molecular weight is 381 g/mol. The maximum atomic E-state index is 12.3. The van der Waals surface area contributed by atoms with Gasteiger partial charge in [-0.05, 0) is 56.2 Å². The smallest absolute Gasteiger partial charge is 0.335 e. The van der Waals surface area contributed by atoms with E-state index in [9.17, 15) is 4.79 Å². The number of nitrogens with one attached hydrogen (secondary N) is 2. The van der Waals surface area contributed by atoms with Crippen molar-refractivity contribution in [2.24, 2.45) is 5.10 Å². The number of hydrazone groups is 1. The molecule has 0 aromatic heterocycles. The Morgan fingerprint density at radius 1 is 1.14 bits per heavy atom. The van der Waals surface area contributed by atoms with Crippen LogP contribution in [0.25, 0.3) is 5.57 Å². The fraction of sp³-hybridized carbons (Fsp3) is 0.273. The summed E-state index contributed by atoms with van der Waals surface area (Å²) >= 11 is 0. The summed E-state index contributed by atoms with van der Waals surface area (Å²) in [4.78, 5) is 12.3. The second-order valence-electron chi connectivity index (χ2n) is 6.92. The van der Waals surface area contributed by atoms with E-state index >= 15 is 0 Å². The fourth-order valence-corrected chi connectivity index (χ4v) is 2.66. The molecular weight excluding hydrogens is 354 g/mol. The van der Waals surface area contributed by atoms with Gasteiger partial charge in [0.2, 0.25) is 0 Å². The number of nitrogens with zero attached hydrogens (tertiary/aromatic N) is 1. The van der Waals surface area contributed by atoms with Gasteiger partial charge in [0.05, 0.1) is 26.0 Å². The molecule has 2 rings (SSSR count). The standard InChI is InChI=1S/C22H27N3O3/c1-15(2)16-8-7-9-18(12-16)22(3,4)24-21(26)25-23-14-17-13-19(27-5)10-11-20(17)28-6/h7-14H,1H2,2-6H3,(H2,24,25,26). The van der Waals surface area contributed by atoms with Gasteiger partial charge in [0.15, 0.2) is 0 Å². The highest BCUT2D eigenvalue weighted by molar-refractivity contribution is 5.85. The van der Waals surface area contributed by atoms with Gasteiger partial charge in [-0.15, -0.1) is 0 Å². The van der Waals surface area contributed by atoms with E-state index in [2.05, 4.69) is 22.4 Å². The van der Waals surface area contributed by atoms with Gasteiger partial charge in [0.25, 0.3) is 0 Å². The Morgan fingerprint density at radius 3 is 2.54 bits per heavy atom. The van der Waals surface area contributed by atoms with Crippen LogP contribution in [0.3, 0.4) is 0 Å². The number of carbonyl (C=O) groups excluding carboxylic acids is 1. The minimum absolute atomic E-state index is 0.413. The molecule has 6 nitrogen and oxygen atoms in total. The number of rotatable bonds is 7. The van der Waals surface area contributed by atoms with Crippen LogP contribution in [-0.4, -0.2) is 26.5 Å². The third-order valence-electron chi connectivity index (χ3n) is 4.31. The van der Waals surface area contributed by atoms with E-state index in [1.165, 1.54) is 6.21 Å². The summed E-state index contributed by atoms with van der Waals surface area (Å²) in [5, 5.41) is 6.94. The van der Waals surface area contributed by atoms with E-state index in [0.29, 0.717) is 17.1 Å². The number of ether oxygens (including phenoxy) is 2. The highest BCUT2D eigenvalue weighted by Crippen LogP contribution is 2.24. The number of amides is 2. The number of benzene rings is 2. The molecule has 0 fully saturated rings. The molecule has 6 heteroatoms. The van der Waals surface area contributed by atoms with E-state index in [-0.39, 0.29) is 0 Å². The monoisotopic (exact) mass is 381 g/mol. The Morgan fingerprint density at radius 2 is 1.89 bits per heavy atom. The lowest BCUT2D eigenvalue weighted by atomic mass is 9.92. The Labute approximate surface area is 166 Å². The first-order valence-electron chi connectivity index (χ1n) is 8.86. The maximum absolute atomic E-state index is 12.3. The van der Waals surface area contributed by atoms with Crippen molar-refractivity contribution in [1.29, 1.82) is 0 Å². The topological polar surface area (TPSA) is 72.0 Å². The number of allylic oxidation sites excluding steroid dienone is 1. The lowest BCUT2D eigenvalue weighted by Crippen LogP contribution is -2.45.